The van der Waals surface area contributed by atoms with E-state index in [1.165, 1.54) is 0 Å². The first-order valence-corrected chi connectivity index (χ1v) is 6.51. The Kier molecular flexibility index (Phi) is 5.81. The number of nitrogens with one attached hydrogen (secondary N) is 1. The second kappa shape index (κ2) is 7.15. The van der Waals surface area contributed by atoms with Crippen molar-refractivity contribution in [1.29, 1.82) is 0 Å². The van der Waals surface area contributed by atoms with Crippen molar-refractivity contribution >= 4 is 5.97 Å². The van der Waals surface area contributed by atoms with E-state index < -0.39 is 30.0 Å². The molecule has 0 aliphatic heterocycles. The number of allylic oxidation sites excluding steroid dienone is 1. The summed E-state index contributed by atoms with van der Waals surface area (Å²) in [6, 6.07) is 8.06. The second-order valence-electron chi connectivity index (χ2n) is 4.82. The lowest BCUT2D eigenvalue weighted by molar-refractivity contribution is -0.142. The van der Waals surface area contributed by atoms with Gasteiger partial charge in [-0.05, 0) is 26.3 Å². The fraction of sp³-hybridized carbons (Fsp3) is 0.400. The van der Waals surface area contributed by atoms with Gasteiger partial charge in [0.15, 0.2) is 0 Å². The van der Waals surface area contributed by atoms with Crippen LogP contribution in [0.1, 0.15) is 32.4 Å². The summed E-state index contributed by atoms with van der Waals surface area (Å²) in [5, 5.41) is 2.31. The number of rotatable bonds is 5. The summed E-state index contributed by atoms with van der Waals surface area (Å²) in [5.74, 6) is -1.02. The van der Waals surface area contributed by atoms with Crippen molar-refractivity contribution < 1.29 is 22.7 Å². The van der Waals surface area contributed by atoms with Gasteiger partial charge >= 0.3 is 12.1 Å². The Hall–Kier alpha value is -1.98. The quantitative estimate of drug-likeness (QED) is 0.665. The molecule has 1 N–H and O–H groups in total. The van der Waals surface area contributed by atoms with Gasteiger partial charge in [0.05, 0.1) is 12.2 Å². The Labute approximate surface area is 121 Å². The van der Waals surface area contributed by atoms with E-state index in [1.54, 1.807) is 51.1 Å². The predicted octanol–water partition coefficient (Wildman–Crippen LogP) is 3.74. The highest BCUT2D eigenvalue weighted by atomic mass is 19.4. The minimum atomic E-state index is -4.65. The molecule has 0 amide bonds. The van der Waals surface area contributed by atoms with Crippen LogP contribution in [0.4, 0.5) is 13.2 Å². The van der Waals surface area contributed by atoms with E-state index in [0.29, 0.717) is 11.6 Å². The van der Waals surface area contributed by atoms with E-state index in [4.69, 9.17) is 4.74 Å². The number of benzene rings is 1. The summed E-state index contributed by atoms with van der Waals surface area (Å²) in [6.45, 7) is 4.72. The number of carbonyl (C=O) groups is 1. The van der Waals surface area contributed by atoms with Crippen molar-refractivity contribution in [1.82, 2.24) is 5.32 Å². The zero-order chi connectivity index (χ0) is 16.0. The van der Waals surface area contributed by atoms with Crippen LogP contribution >= 0.6 is 0 Å². The van der Waals surface area contributed by atoms with Crippen molar-refractivity contribution in [2.75, 3.05) is 0 Å². The summed E-state index contributed by atoms with van der Waals surface area (Å²) in [4.78, 5) is 11.4. The highest BCUT2D eigenvalue weighted by Gasteiger charge is 2.35. The third kappa shape index (κ3) is 5.89. The van der Waals surface area contributed by atoms with E-state index in [9.17, 15) is 18.0 Å². The van der Waals surface area contributed by atoms with Crippen LogP contribution in [-0.4, -0.2) is 18.2 Å². The molecule has 0 unspecified atom stereocenters. The molecule has 3 nitrogen and oxygen atoms in total. The first-order valence-electron chi connectivity index (χ1n) is 6.51. The van der Waals surface area contributed by atoms with Gasteiger partial charge in [-0.25, -0.2) is 4.79 Å². The molecule has 0 fully saturated rings. The van der Waals surface area contributed by atoms with E-state index in [-0.39, 0.29) is 0 Å². The van der Waals surface area contributed by atoms with Gasteiger partial charge in [-0.15, -0.1) is 0 Å². The molecule has 0 bridgehead atoms. The van der Waals surface area contributed by atoms with Crippen LogP contribution < -0.4 is 5.32 Å². The Morgan fingerprint density at radius 1 is 1.19 bits per heavy atom. The molecule has 0 aliphatic carbocycles. The number of hydrogen-bond donors (Lipinski definition) is 1. The van der Waals surface area contributed by atoms with Gasteiger partial charge in [0, 0.05) is 6.04 Å². The topological polar surface area (TPSA) is 38.3 Å². The number of ether oxygens (including phenoxy) is 1. The Morgan fingerprint density at radius 3 is 2.24 bits per heavy atom. The van der Waals surface area contributed by atoms with Crippen molar-refractivity contribution in [3.63, 3.8) is 0 Å². The van der Waals surface area contributed by atoms with Gasteiger partial charge < -0.3 is 10.1 Å². The van der Waals surface area contributed by atoms with Crippen LogP contribution in [-0.2, 0) is 9.53 Å². The van der Waals surface area contributed by atoms with Crippen LogP contribution in [0.15, 0.2) is 42.1 Å². The molecule has 0 aliphatic rings. The van der Waals surface area contributed by atoms with Crippen LogP contribution in [0.3, 0.4) is 0 Å². The Bertz CT molecular complexity index is 495. The third-order valence-corrected chi connectivity index (χ3v) is 2.59. The minimum Gasteiger partial charge on any atom is -0.460 e. The number of hydrogen-bond acceptors (Lipinski definition) is 3. The molecular weight excluding hydrogens is 283 g/mol. The van der Waals surface area contributed by atoms with E-state index >= 15 is 0 Å². The molecule has 6 heteroatoms. The van der Waals surface area contributed by atoms with E-state index in [0.717, 1.165) is 0 Å². The zero-order valence-electron chi connectivity index (χ0n) is 12.1. The molecule has 21 heavy (non-hydrogen) atoms. The molecule has 0 aromatic heterocycles. The molecule has 1 aromatic carbocycles. The van der Waals surface area contributed by atoms with Gasteiger partial charge in [-0.1, -0.05) is 30.3 Å². The second-order valence-corrected chi connectivity index (χ2v) is 4.82. The van der Waals surface area contributed by atoms with Crippen molar-refractivity contribution in [3.05, 3.63) is 47.7 Å². The molecule has 1 rings (SSSR count). The predicted molar refractivity (Wildman–Crippen MR) is 73.4 cm³/mol. The lowest BCUT2D eigenvalue weighted by Crippen LogP contribution is -2.30. The summed E-state index contributed by atoms with van der Waals surface area (Å²) in [7, 11) is 0. The molecule has 0 spiro atoms. The first-order chi connectivity index (χ1) is 9.70. The summed E-state index contributed by atoms with van der Waals surface area (Å²) >= 11 is 0. The third-order valence-electron chi connectivity index (χ3n) is 2.59. The molecule has 1 atom stereocenters. The number of halogens is 3. The average molecular weight is 301 g/mol. The highest BCUT2D eigenvalue weighted by molar-refractivity contribution is 5.83. The summed E-state index contributed by atoms with van der Waals surface area (Å²) in [6.07, 6.45) is -4.69. The normalized spacial score (nSPS) is 14.0. The number of alkyl halides is 3. The average Bonchev–Trinajstić information content (AvgIpc) is 2.36. The van der Waals surface area contributed by atoms with Crippen LogP contribution in [0.2, 0.25) is 0 Å². The van der Waals surface area contributed by atoms with Crippen molar-refractivity contribution in [2.24, 2.45) is 0 Å². The fourth-order valence-corrected chi connectivity index (χ4v) is 1.65. The first kappa shape index (κ1) is 17.1. The summed E-state index contributed by atoms with van der Waals surface area (Å²) in [5.41, 5.74) is -0.436. The van der Waals surface area contributed by atoms with Crippen LogP contribution in [0, 0.1) is 0 Å². The molecular formula is C15H18F3NO2. The number of carbonyl (C=O) groups excluding carboxylic acids is 1. The highest BCUT2D eigenvalue weighted by Crippen LogP contribution is 2.26. The van der Waals surface area contributed by atoms with Gasteiger partial charge in [0.2, 0.25) is 0 Å². The van der Waals surface area contributed by atoms with Gasteiger partial charge in [-0.2, -0.15) is 13.2 Å². The van der Waals surface area contributed by atoms with Crippen molar-refractivity contribution in [2.45, 2.75) is 39.1 Å². The maximum Gasteiger partial charge on any atom is 0.431 e. The lowest BCUT2D eigenvalue weighted by Gasteiger charge is -2.20. The molecule has 0 radical (unpaired) electrons. The van der Waals surface area contributed by atoms with Gasteiger partial charge in [-0.3, -0.25) is 0 Å². The molecule has 0 saturated heterocycles. The van der Waals surface area contributed by atoms with Crippen LogP contribution in [0.5, 0.6) is 0 Å². The maximum atomic E-state index is 13.0. The SMILES string of the molecule is CC(C)OC(=O)/C=C(\N[C@@H](C)c1ccccc1)C(F)(F)F. The minimum absolute atomic E-state index is 0.444. The molecule has 116 valence electrons. The Balaban J connectivity index is 2.90. The molecule has 0 heterocycles. The maximum absolute atomic E-state index is 13.0. The largest absolute Gasteiger partial charge is 0.460 e. The van der Waals surface area contributed by atoms with E-state index in [2.05, 4.69) is 5.32 Å². The fourth-order valence-electron chi connectivity index (χ4n) is 1.65. The molecule has 1 aromatic rings. The summed E-state index contributed by atoms with van der Waals surface area (Å²) < 4.78 is 43.6. The zero-order valence-corrected chi connectivity index (χ0v) is 12.1. The standard InChI is InChI=1S/C15H18F3NO2/c1-10(2)21-14(20)9-13(15(16,17)18)19-11(3)12-7-5-4-6-8-12/h4-11,19H,1-3H3/b13-9-/t11-/m0/s1. The van der Waals surface area contributed by atoms with Gasteiger partial charge in [0.25, 0.3) is 0 Å². The van der Waals surface area contributed by atoms with Crippen LogP contribution in [0.25, 0.3) is 0 Å². The smallest absolute Gasteiger partial charge is 0.431 e. The van der Waals surface area contributed by atoms with Gasteiger partial charge in [0.1, 0.15) is 5.70 Å². The van der Waals surface area contributed by atoms with E-state index in [1.807, 2.05) is 0 Å². The monoisotopic (exact) mass is 301 g/mol. The molecule has 0 saturated carbocycles. The number of esters is 1. The van der Waals surface area contributed by atoms with Crippen molar-refractivity contribution in [3.8, 4) is 0 Å². The lowest BCUT2D eigenvalue weighted by atomic mass is 10.1. The Morgan fingerprint density at radius 2 is 1.76 bits per heavy atom.